The van der Waals surface area contributed by atoms with Crippen LogP contribution in [0.1, 0.15) is 86.5 Å². The van der Waals surface area contributed by atoms with Crippen molar-refractivity contribution in [2.24, 2.45) is 0 Å². The molecule has 0 aromatic heterocycles. The molecule has 2 heteroatoms. The molecule has 1 aliphatic carbocycles. The van der Waals surface area contributed by atoms with E-state index in [1.165, 1.54) is 55.6 Å². The van der Waals surface area contributed by atoms with Crippen LogP contribution in [0.15, 0.2) is 90.3 Å². The fraction of sp³-hybridized carbons (Fsp3) is 0.433. The summed E-state index contributed by atoms with van der Waals surface area (Å²) in [4.78, 5) is 2.29. The molecule has 0 unspecified atom stereocenters. The van der Waals surface area contributed by atoms with E-state index in [1.54, 1.807) is 0 Å². The first-order valence-corrected chi connectivity index (χ1v) is 12.2. The molecule has 0 spiro atoms. The number of hydrogen-bond acceptors (Lipinski definition) is 1. The molecular formula is C30H45NSn. The molecule has 32 heavy (non-hydrogen) atoms. The minimum atomic E-state index is 0. The van der Waals surface area contributed by atoms with Gasteiger partial charge in [0.25, 0.3) is 0 Å². The fourth-order valence-electron chi connectivity index (χ4n) is 2.24. The second-order valence-electron chi connectivity index (χ2n) is 7.41. The van der Waals surface area contributed by atoms with Gasteiger partial charge in [0.1, 0.15) is 0 Å². The maximum Gasteiger partial charge on any atom is 0.0458 e. The normalized spacial score (nSPS) is 10.6. The van der Waals surface area contributed by atoms with Crippen LogP contribution < -0.4 is 4.90 Å². The molecule has 3 rings (SSSR count). The predicted octanol–water partition coefficient (Wildman–Crippen LogP) is 9.86. The third-order valence-electron chi connectivity index (χ3n) is 4.62. The molecule has 174 valence electrons. The number of rotatable bonds is 6. The van der Waals surface area contributed by atoms with Crippen molar-refractivity contribution < 1.29 is 0 Å². The van der Waals surface area contributed by atoms with E-state index in [2.05, 4.69) is 113 Å². The third kappa shape index (κ3) is 15.2. The topological polar surface area (TPSA) is 3.24 Å². The molecule has 0 saturated heterocycles. The molecule has 0 saturated carbocycles. The van der Waals surface area contributed by atoms with Crippen LogP contribution in [0.5, 0.6) is 0 Å². The maximum atomic E-state index is 3.12. The van der Waals surface area contributed by atoms with Crippen molar-refractivity contribution in [3.8, 4) is 0 Å². The Bertz CT molecular complexity index is 673. The van der Waals surface area contributed by atoms with Gasteiger partial charge < -0.3 is 4.90 Å². The van der Waals surface area contributed by atoms with Crippen LogP contribution in [0.4, 0.5) is 11.4 Å². The molecule has 2 aromatic carbocycles. The summed E-state index contributed by atoms with van der Waals surface area (Å²) in [5.74, 6) is 0. The fourth-order valence-corrected chi connectivity index (χ4v) is 2.24. The van der Waals surface area contributed by atoms with Crippen LogP contribution in [0.25, 0.3) is 0 Å². The Balaban J connectivity index is 0. The summed E-state index contributed by atoms with van der Waals surface area (Å²) in [6, 6.07) is 20.9. The minimum Gasteiger partial charge on any atom is -0.314 e. The first kappa shape index (κ1) is 32.5. The zero-order valence-electron chi connectivity index (χ0n) is 21.4. The number of para-hydroxylation sites is 2. The van der Waals surface area contributed by atoms with Crippen molar-refractivity contribution in [3.05, 3.63) is 90.3 Å². The van der Waals surface area contributed by atoms with Crippen molar-refractivity contribution in [3.63, 3.8) is 0 Å². The van der Waals surface area contributed by atoms with Crippen LogP contribution in [-0.2, 0) is 0 Å². The Morgan fingerprint density at radius 3 is 1.28 bits per heavy atom. The number of hydrogen-bond donors (Lipinski definition) is 0. The van der Waals surface area contributed by atoms with Gasteiger partial charge in [0, 0.05) is 47.4 Å². The van der Waals surface area contributed by atoms with E-state index < -0.39 is 0 Å². The average Bonchev–Trinajstić information content (AvgIpc) is 2.86. The summed E-state index contributed by atoms with van der Waals surface area (Å²) in [5, 5.41) is 0. The molecule has 0 amide bonds. The number of anilines is 2. The first-order valence-electron chi connectivity index (χ1n) is 12.2. The summed E-state index contributed by atoms with van der Waals surface area (Å²) in [6.07, 6.45) is 15.0. The second kappa shape index (κ2) is 24.0. The van der Waals surface area contributed by atoms with E-state index in [0.29, 0.717) is 0 Å². The second-order valence-corrected chi connectivity index (χ2v) is 7.41. The van der Waals surface area contributed by atoms with E-state index in [0.717, 1.165) is 6.42 Å². The summed E-state index contributed by atoms with van der Waals surface area (Å²) in [7, 11) is 0. The molecule has 0 bridgehead atoms. The molecule has 4 radical (unpaired) electrons. The minimum absolute atomic E-state index is 0. The average molecular weight is 538 g/mol. The zero-order chi connectivity index (χ0) is 23.2. The Kier molecular flexibility index (Phi) is 24.3. The van der Waals surface area contributed by atoms with Gasteiger partial charge >= 0.3 is 0 Å². The van der Waals surface area contributed by atoms with Crippen LogP contribution >= 0.6 is 0 Å². The van der Waals surface area contributed by atoms with Crippen molar-refractivity contribution in [1.29, 1.82) is 0 Å². The summed E-state index contributed by atoms with van der Waals surface area (Å²) in [5.41, 5.74) is 6.75. The molecule has 1 nitrogen and oxygen atoms in total. The number of benzene rings is 2. The Morgan fingerprint density at radius 2 is 1.00 bits per heavy atom. The molecule has 0 aliphatic heterocycles. The first-order chi connectivity index (χ1) is 15.2. The third-order valence-corrected chi connectivity index (χ3v) is 4.62. The molecule has 0 atom stereocenters. The Morgan fingerprint density at radius 1 is 0.625 bits per heavy atom. The zero-order valence-corrected chi connectivity index (χ0v) is 24.3. The predicted molar refractivity (Wildman–Crippen MR) is 148 cm³/mol. The van der Waals surface area contributed by atoms with Gasteiger partial charge in [-0.1, -0.05) is 116 Å². The largest absolute Gasteiger partial charge is 0.314 e. The van der Waals surface area contributed by atoms with Crippen LogP contribution in [0, 0.1) is 0 Å². The molecule has 1 aliphatic rings. The molecule has 2 aromatic rings. The quantitative estimate of drug-likeness (QED) is 0.261. The van der Waals surface area contributed by atoms with Gasteiger partial charge in [-0.15, -0.1) is 5.73 Å². The van der Waals surface area contributed by atoms with E-state index in [-0.39, 0.29) is 23.9 Å². The van der Waals surface area contributed by atoms with E-state index >= 15 is 0 Å². The monoisotopic (exact) mass is 539 g/mol. The SMILES string of the molecule is C1=CC=C(N(c2ccccc2)c2ccccc2)CC=1.CCCC.CCCC.CCCC.[Sn]. The van der Waals surface area contributed by atoms with Gasteiger partial charge in [0.2, 0.25) is 0 Å². The summed E-state index contributed by atoms with van der Waals surface area (Å²) < 4.78 is 0. The van der Waals surface area contributed by atoms with Crippen LogP contribution in [-0.4, -0.2) is 23.9 Å². The smallest absolute Gasteiger partial charge is 0.0458 e. The molecule has 0 fully saturated rings. The van der Waals surface area contributed by atoms with E-state index in [9.17, 15) is 0 Å². The summed E-state index contributed by atoms with van der Waals surface area (Å²) in [6.45, 7) is 13.1. The number of nitrogens with zero attached hydrogens (tertiary/aromatic N) is 1. The van der Waals surface area contributed by atoms with Gasteiger partial charge in [0.15, 0.2) is 0 Å². The van der Waals surface area contributed by atoms with Gasteiger partial charge in [-0.3, -0.25) is 0 Å². The Hall–Kier alpha value is -1.70. The van der Waals surface area contributed by atoms with Crippen LogP contribution in [0.2, 0.25) is 0 Å². The van der Waals surface area contributed by atoms with Crippen LogP contribution in [0.3, 0.4) is 0 Å². The van der Waals surface area contributed by atoms with Crippen molar-refractivity contribution >= 4 is 35.3 Å². The number of allylic oxidation sites excluding steroid dienone is 2. The Labute approximate surface area is 216 Å². The van der Waals surface area contributed by atoms with Gasteiger partial charge in [-0.25, -0.2) is 0 Å². The van der Waals surface area contributed by atoms with Gasteiger partial charge in [0.05, 0.1) is 0 Å². The van der Waals surface area contributed by atoms with Gasteiger partial charge in [-0.05, 0) is 42.5 Å². The van der Waals surface area contributed by atoms with Gasteiger partial charge in [-0.2, -0.15) is 0 Å². The number of unbranched alkanes of at least 4 members (excludes halogenated alkanes) is 3. The van der Waals surface area contributed by atoms with Crippen molar-refractivity contribution in [2.45, 2.75) is 86.5 Å². The van der Waals surface area contributed by atoms with Crippen molar-refractivity contribution in [2.75, 3.05) is 4.90 Å². The molecular weight excluding hydrogens is 493 g/mol. The van der Waals surface area contributed by atoms with E-state index in [4.69, 9.17) is 0 Å². The molecule has 0 N–H and O–H groups in total. The summed E-state index contributed by atoms with van der Waals surface area (Å²) >= 11 is 0. The van der Waals surface area contributed by atoms with Crippen molar-refractivity contribution in [1.82, 2.24) is 0 Å². The molecule has 0 heterocycles. The standard InChI is InChI=1S/C18H15N.3C4H10.Sn/c1-4-10-16(11-5-1)19(17-12-6-2-7-13-17)18-14-8-3-9-15-18;3*1-3-4-2;/h1-2,4-14H,15H2;3*3-4H2,1-2H3;. The maximum absolute atomic E-state index is 3.12. The van der Waals surface area contributed by atoms with E-state index in [1.807, 2.05) is 18.2 Å².